The Hall–Kier alpha value is -1.25. The monoisotopic (exact) mass is 263 g/mol. The van der Waals surface area contributed by atoms with Gasteiger partial charge in [-0.3, -0.25) is 9.59 Å². The lowest BCUT2D eigenvalue weighted by molar-refractivity contribution is -0.145. The van der Waals surface area contributed by atoms with Gasteiger partial charge in [-0.25, -0.2) is 0 Å². The first-order valence-corrected chi connectivity index (χ1v) is 5.28. The maximum atomic E-state index is 11.5. The minimum absolute atomic E-state index is 0.00711. The highest BCUT2D eigenvalue weighted by Gasteiger charge is 2.20. The van der Waals surface area contributed by atoms with Crippen molar-refractivity contribution in [2.24, 2.45) is 5.73 Å². The van der Waals surface area contributed by atoms with Gasteiger partial charge in [0, 0.05) is 20.7 Å². The Balaban J connectivity index is 4.11. The lowest BCUT2D eigenvalue weighted by atomic mass is 10.3. The van der Waals surface area contributed by atoms with E-state index in [0.29, 0.717) is 0 Å². The normalized spacial score (nSPS) is 11.7. The maximum absolute atomic E-state index is 11.5. The summed E-state index contributed by atoms with van der Waals surface area (Å²) in [5.74, 6) is -1.58. The van der Waals surface area contributed by atoms with Crippen LogP contribution in [0, 0.1) is 0 Å². The first-order valence-electron chi connectivity index (χ1n) is 4.87. The second kappa shape index (κ2) is 7.93. The molecule has 0 fully saturated rings. The van der Waals surface area contributed by atoms with Crippen LogP contribution in [0.3, 0.4) is 0 Å². The first kappa shape index (κ1) is 15.8. The molecule has 2 amide bonds. The molecule has 0 spiro atoms. The molecule has 1 unspecified atom stereocenters. The van der Waals surface area contributed by atoms with Crippen LogP contribution in [0.2, 0.25) is 0 Å². The molecule has 0 radical (unpaired) electrons. The molecule has 0 saturated carbocycles. The van der Waals surface area contributed by atoms with Crippen molar-refractivity contribution in [2.45, 2.75) is 6.10 Å². The number of carbonyl (C=O) groups is 2. The number of amides is 2. The SMILES string of the molecule is COCC(O)CN(C)C(=O)C(=O)NCC(N)=S. The zero-order chi connectivity index (χ0) is 13.4. The molecule has 0 saturated heterocycles. The molecule has 7 nitrogen and oxygen atoms in total. The van der Waals surface area contributed by atoms with Gasteiger partial charge >= 0.3 is 11.8 Å². The van der Waals surface area contributed by atoms with E-state index in [2.05, 4.69) is 17.5 Å². The molecule has 1 atom stereocenters. The molecule has 0 heterocycles. The minimum Gasteiger partial charge on any atom is -0.392 e. The van der Waals surface area contributed by atoms with Gasteiger partial charge in [-0.15, -0.1) is 0 Å². The number of carbonyl (C=O) groups excluding carboxylic acids is 2. The lowest BCUT2D eigenvalue weighted by Gasteiger charge is -2.19. The third-order valence-electron chi connectivity index (χ3n) is 1.81. The van der Waals surface area contributed by atoms with E-state index in [0.717, 1.165) is 4.90 Å². The number of hydrogen-bond donors (Lipinski definition) is 3. The van der Waals surface area contributed by atoms with E-state index < -0.39 is 17.9 Å². The number of likely N-dealkylation sites (N-methyl/N-ethyl adjacent to an activating group) is 1. The summed E-state index contributed by atoms with van der Waals surface area (Å²) >= 11 is 4.55. The Morgan fingerprint density at radius 2 is 2.18 bits per heavy atom. The standard InChI is InChI=1S/C9H17N3O4S/c1-12(4-6(13)5-16-2)9(15)8(14)11-3-7(10)17/h6,13H,3-5H2,1-2H3,(H2,10,17)(H,11,14). The number of rotatable bonds is 6. The predicted molar refractivity (Wildman–Crippen MR) is 65.3 cm³/mol. The van der Waals surface area contributed by atoms with Gasteiger partial charge in [-0.2, -0.15) is 0 Å². The fraction of sp³-hybridized carbons (Fsp3) is 0.667. The van der Waals surface area contributed by atoms with E-state index in [9.17, 15) is 14.7 Å². The van der Waals surface area contributed by atoms with Crippen molar-refractivity contribution in [1.29, 1.82) is 0 Å². The van der Waals surface area contributed by atoms with Crippen LogP contribution in [-0.4, -0.2) is 66.8 Å². The van der Waals surface area contributed by atoms with Crippen molar-refractivity contribution in [3.63, 3.8) is 0 Å². The number of methoxy groups -OCH3 is 1. The van der Waals surface area contributed by atoms with Crippen molar-refractivity contribution in [3.8, 4) is 0 Å². The van der Waals surface area contributed by atoms with Crippen LogP contribution in [0.1, 0.15) is 0 Å². The third kappa shape index (κ3) is 6.82. The number of aliphatic hydroxyl groups excluding tert-OH is 1. The molecule has 0 rings (SSSR count). The Bertz CT molecular complexity index is 298. The highest BCUT2D eigenvalue weighted by atomic mass is 32.1. The number of nitrogens with zero attached hydrogens (tertiary/aromatic N) is 1. The molecule has 98 valence electrons. The van der Waals surface area contributed by atoms with Gasteiger partial charge < -0.3 is 25.8 Å². The number of nitrogens with one attached hydrogen (secondary N) is 1. The summed E-state index contributed by atoms with van der Waals surface area (Å²) in [5.41, 5.74) is 5.17. The second-order valence-electron chi connectivity index (χ2n) is 3.44. The van der Waals surface area contributed by atoms with Crippen molar-refractivity contribution in [1.82, 2.24) is 10.2 Å². The van der Waals surface area contributed by atoms with Crippen LogP contribution < -0.4 is 11.1 Å². The minimum atomic E-state index is -0.836. The average molecular weight is 263 g/mol. The van der Waals surface area contributed by atoms with E-state index in [4.69, 9.17) is 10.5 Å². The number of thiocarbonyl (C=S) groups is 1. The van der Waals surface area contributed by atoms with Crippen LogP contribution in [-0.2, 0) is 14.3 Å². The summed E-state index contributed by atoms with van der Waals surface area (Å²) in [5, 5.41) is 11.6. The highest BCUT2D eigenvalue weighted by molar-refractivity contribution is 7.80. The number of hydrogen-bond acceptors (Lipinski definition) is 5. The van der Waals surface area contributed by atoms with Crippen LogP contribution in [0.4, 0.5) is 0 Å². The molecule has 0 aliphatic heterocycles. The second-order valence-corrected chi connectivity index (χ2v) is 3.97. The van der Waals surface area contributed by atoms with Crippen LogP contribution in [0.25, 0.3) is 0 Å². The Labute approximate surface area is 105 Å². The van der Waals surface area contributed by atoms with Gasteiger partial charge in [-0.1, -0.05) is 12.2 Å². The number of ether oxygens (including phenoxy) is 1. The van der Waals surface area contributed by atoms with Crippen LogP contribution >= 0.6 is 12.2 Å². The third-order valence-corrected chi connectivity index (χ3v) is 1.95. The van der Waals surface area contributed by atoms with E-state index in [-0.39, 0.29) is 24.7 Å². The fourth-order valence-corrected chi connectivity index (χ4v) is 1.13. The highest BCUT2D eigenvalue weighted by Crippen LogP contribution is 1.91. The molecule has 0 aromatic carbocycles. The average Bonchev–Trinajstić information content (AvgIpc) is 2.24. The Kier molecular flexibility index (Phi) is 7.35. The summed E-state index contributed by atoms with van der Waals surface area (Å²) < 4.78 is 4.70. The summed E-state index contributed by atoms with van der Waals surface area (Å²) in [4.78, 5) is 24.0. The molecular formula is C9H17N3O4S. The molecule has 0 aliphatic carbocycles. The zero-order valence-electron chi connectivity index (χ0n) is 9.80. The van der Waals surface area contributed by atoms with Crippen molar-refractivity contribution >= 4 is 29.0 Å². The first-order chi connectivity index (χ1) is 7.88. The summed E-state index contributed by atoms with van der Waals surface area (Å²) in [7, 11) is 2.83. The molecule has 0 bridgehead atoms. The topological polar surface area (TPSA) is 105 Å². The zero-order valence-corrected chi connectivity index (χ0v) is 10.6. The van der Waals surface area contributed by atoms with Gasteiger partial charge in [0.05, 0.1) is 24.2 Å². The van der Waals surface area contributed by atoms with Gasteiger partial charge in [0.15, 0.2) is 0 Å². The number of nitrogens with two attached hydrogens (primary N) is 1. The predicted octanol–water partition coefficient (Wildman–Crippen LogP) is -2.15. The molecule has 0 aromatic rings. The quantitative estimate of drug-likeness (QED) is 0.373. The van der Waals surface area contributed by atoms with Gasteiger partial charge in [0.1, 0.15) is 0 Å². The Morgan fingerprint density at radius 3 is 2.65 bits per heavy atom. The molecule has 0 aromatic heterocycles. The largest absolute Gasteiger partial charge is 0.392 e. The molecular weight excluding hydrogens is 246 g/mol. The van der Waals surface area contributed by atoms with Gasteiger partial charge in [-0.05, 0) is 0 Å². The van der Waals surface area contributed by atoms with Crippen LogP contribution in [0.5, 0.6) is 0 Å². The maximum Gasteiger partial charge on any atom is 0.311 e. The molecule has 0 aliphatic rings. The lowest BCUT2D eigenvalue weighted by Crippen LogP contribution is -2.46. The van der Waals surface area contributed by atoms with Crippen LogP contribution in [0.15, 0.2) is 0 Å². The number of aliphatic hydroxyl groups is 1. The summed E-state index contributed by atoms with van der Waals surface area (Å²) in [6, 6.07) is 0. The van der Waals surface area contributed by atoms with Crippen molar-refractivity contribution < 1.29 is 19.4 Å². The smallest absolute Gasteiger partial charge is 0.311 e. The van der Waals surface area contributed by atoms with Crippen molar-refractivity contribution in [3.05, 3.63) is 0 Å². The molecule has 8 heteroatoms. The van der Waals surface area contributed by atoms with Crippen molar-refractivity contribution in [2.75, 3.05) is 33.9 Å². The van der Waals surface area contributed by atoms with E-state index in [1.54, 1.807) is 0 Å². The van der Waals surface area contributed by atoms with E-state index in [1.807, 2.05) is 0 Å². The fourth-order valence-electron chi connectivity index (χ4n) is 1.06. The van der Waals surface area contributed by atoms with Gasteiger partial charge in [0.2, 0.25) is 0 Å². The van der Waals surface area contributed by atoms with E-state index in [1.165, 1.54) is 14.2 Å². The molecule has 17 heavy (non-hydrogen) atoms. The van der Waals surface area contributed by atoms with E-state index >= 15 is 0 Å². The Morgan fingerprint density at radius 1 is 1.59 bits per heavy atom. The summed E-state index contributed by atoms with van der Waals surface area (Å²) in [6.07, 6.45) is -0.836. The molecule has 4 N–H and O–H groups in total. The van der Waals surface area contributed by atoms with Gasteiger partial charge in [0.25, 0.3) is 0 Å². The summed E-state index contributed by atoms with van der Waals surface area (Å²) in [6.45, 7) is 0.0632.